The van der Waals surface area contributed by atoms with Gasteiger partial charge in [0, 0.05) is 48.2 Å². The molecule has 2 aromatic heterocycles. The van der Waals surface area contributed by atoms with Crippen molar-refractivity contribution in [2.75, 3.05) is 23.7 Å². The van der Waals surface area contributed by atoms with Crippen LogP contribution in [0.1, 0.15) is 30.7 Å². The molecule has 0 aliphatic carbocycles. The van der Waals surface area contributed by atoms with Gasteiger partial charge in [0.05, 0.1) is 10.2 Å². The van der Waals surface area contributed by atoms with E-state index in [1.807, 2.05) is 18.2 Å². The molecule has 1 aliphatic rings. The average molecular weight is 497 g/mol. The first kappa shape index (κ1) is 23.2. The Hall–Kier alpha value is -2.52. The van der Waals surface area contributed by atoms with Gasteiger partial charge in [-0.25, -0.2) is 9.37 Å². The van der Waals surface area contributed by atoms with E-state index in [2.05, 4.69) is 41.5 Å². The predicted octanol–water partition coefficient (Wildman–Crippen LogP) is 6.16. The molecule has 0 radical (unpaired) electrons. The van der Waals surface area contributed by atoms with E-state index in [-0.39, 0.29) is 5.82 Å². The first-order chi connectivity index (χ1) is 16.5. The van der Waals surface area contributed by atoms with Crippen molar-refractivity contribution in [1.29, 1.82) is 0 Å². The molecule has 0 saturated heterocycles. The lowest BCUT2D eigenvalue weighted by molar-refractivity contribution is 0.198. The van der Waals surface area contributed by atoms with E-state index < -0.39 is 6.23 Å². The number of halogens is 1. The van der Waals surface area contributed by atoms with Gasteiger partial charge >= 0.3 is 0 Å². The SMILES string of the molecule is CC(C)N1CCc2c(sc(NC(O)CCNc3cccc(F)c3)c2-c2nc3ccccc3s2)C1. The third-order valence-electron chi connectivity index (χ3n) is 6.19. The maximum atomic E-state index is 13.4. The van der Waals surface area contributed by atoms with E-state index in [4.69, 9.17) is 4.98 Å². The summed E-state index contributed by atoms with van der Waals surface area (Å²) in [5.41, 5.74) is 4.21. The van der Waals surface area contributed by atoms with Gasteiger partial charge in [-0.05, 0) is 56.2 Å². The van der Waals surface area contributed by atoms with Crippen LogP contribution >= 0.6 is 22.7 Å². The number of hydrogen-bond donors (Lipinski definition) is 3. The van der Waals surface area contributed by atoms with E-state index in [0.717, 1.165) is 40.6 Å². The van der Waals surface area contributed by atoms with E-state index in [1.165, 1.54) is 27.3 Å². The van der Waals surface area contributed by atoms with Gasteiger partial charge in [-0.15, -0.1) is 22.7 Å². The van der Waals surface area contributed by atoms with E-state index in [0.29, 0.717) is 24.7 Å². The monoisotopic (exact) mass is 496 g/mol. The number of aromatic nitrogens is 1. The fourth-order valence-corrected chi connectivity index (χ4v) is 6.78. The number of hydrogen-bond acceptors (Lipinski definition) is 7. The Morgan fingerprint density at radius 1 is 1.15 bits per heavy atom. The van der Waals surface area contributed by atoms with Gasteiger partial charge in [-0.3, -0.25) is 4.90 Å². The third-order valence-corrected chi connectivity index (χ3v) is 8.40. The number of anilines is 2. The van der Waals surface area contributed by atoms with Crippen molar-refractivity contribution in [3.8, 4) is 10.6 Å². The van der Waals surface area contributed by atoms with E-state index in [1.54, 1.807) is 28.7 Å². The molecule has 0 amide bonds. The number of nitrogens with one attached hydrogen (secondary N) is 2. The van der Waals surface area contributed by atoms with Crippen LogP contribution in [0.25, 0.3) is 20.8 Å². The molecule has 1 atom stereocenters. The Kier molecular flexibility index (Phi) is 6.83. The molecule has 0 saturated carbocycles. The molecule has 34 heavy (non-hydrogen) atoms. The molecule has 1 aliphatic heterocycles. The zero-order chi connectivity index (χ0) is 23.7. The minimum atomic E-state index is -0.726. The van der Waals surface area contributed by atoms with Crippen LogP contribution in [-0.4, -0.2) is 40.3 Å². The highest BCUT2D eigenvalue weighted by atomic mass is 32.1. The molecule has 3 heterocycles. The Bertz CT molecular complexity index is 1250. The third kappa shape index (κ3) is 4.95. The highest BCUT2D eigenvalue weighted by Crippen LogP contribution is 2.46. The number of nitrogens with zero attached hydrogens (tertiary/aromatic N) is 2. The molecule has 1 unspecified atom stereocenters. The van der Waals surface area contributed by atoms with Crippen molar-refractivity contribution in [1.82, 2.24) is 9.88 Å². The Balaban J connectivity index is 1.38. The number of fused-ring (bicyclic) bond motifs is 2. The molecule has 178 valence electrons. The Labute approximate surface area is 207 Å². The quantitative estimate of drug-likeness (QED) is 0.255. The lowest BCUT2D eigenvalue weighted by Gasteiger charge is -2.30. The second kappa shape index (κ2) is 10.00. The summed E-state index contributed by atoms with van der Waals surface area (Å²) in [7, 11) is 0. The normalized spacial score (nSPS) is 15.0. The molecule has 0 spiro atoms. The van der Waals surface area contributed by atoms with Crippen LogP contribution in [-0.2, 0) is 13.0 Å². The number of benzene rings is 2. The summed E-state index contributed by atoms with van der Waals surface area (Å²) in [6.45, 7) is 6.96. The van der Waals surface area contributed by atoms with Crippen LogP contribution in [0, 0.1) is 5.82 Å². The zero-order valence-corrected chi connectivity index (χ0v) is 21.0. The van der Waals surface area contributed by atoms with Gasteiger partial charge in [-0.2, -0.15) is 0 Å². The van der Waals surface area contributed by atoms with Crippen LogP contribution in [0.3, 0.4) is 0 Å². The molecule has 3 N–H and O–H groups in total. The smallest absolute Gasteiger partial charge is 0.127 e. The highest BCUT2D eigenvalue weighted by Gasteiger charge is 2.28. The van der Waals surface area contributed by atoms with Crippen molar-refractivity contribution < 1.29 is 9.50 Å². The summed E-state index contributed by atoms with van der Waals surface area (Å²) >= 11 is 3.44. The number of thiophene rings is 1. The van der Waals surface area contributed by atoms with E-state index >= 15 is 0 Å². The number of aliphatic hydroxyl groups is 1. The molecule has 5 nitrogen and oxygen atoms in total. The van der Waals surface area contributed by atoms with Crippen molar-refractivity contribution in [3.63, 3.8) is 0 Å². The van der Waals surface area contributed by atoms with Crippen LogP contribution in [0.2, 0.25) is 0 Å². The highest BCUT2D eigenvalue weighted by molar-refractivity contribution is 7.22. The predicted molar refractivity (Wildman–Crippen MR) is 141 cm³/mol. The molecule has 2 aromatic carbocycles. The summed E-state index contributed by atoms with van der Waals surface area (Å²) in [5.74, 6) is -0.274. The summed E-state index contributed by atoms with van der Waals surface area (Å²) < 4.78 is 14.6. The largest absolute Gasteiger partial charge is 0.385 e. The second-order valence-corrected chi connectivity index (χ2v) is 11.0. The lowest BCUT2D eigenvalue weighted by atomic mass is 10.0. The molecule has 4 aromatic rings. The number of aliphatic hydroxyl groups excluding tert-OH is 1. The van der Waals surface area contributed by atoms with Crippen LogP contribution in [0.15, 0.2) is 48.5 Å². The number of thiazole rings is 1. The van der Waals surface area contributed by atoms with Crippen LogP contribution in [0.5, 0.6) is 0 Å². The summed E-state index contributed by atoms with van der Waals surface area (Å²) in [6, 6.07) is 15.1. The molecule has 5 rings (SSSR count). The number of rotatable bonds is 8. The van der Waals surface area contributed by atoms with Gasteiger partial charge < -0.3 is 15.7 Å². The van der Waals surface area contributed by atoms with Crippen molar-refractivity contribution in [3.05, 3.63) is 64.8 Å². The first-order valence-electron chi connectivity index (χ1n) is 11.7. The van der Waals surface area contributed by atoms with Gasteiger partial charge in [0.15, 0.2) is 0 Å². The zero-order valence-electron chi connectivity index (χ0n) is 19.3. The van der Waals surface area contributed by atoms with Crippen LogP contribution in [0.4, 0.5) is 15.1 Å². The maximum absolute atomic E-state index is 13.4. The van der Waals surface area contributed by atoms with Gasteiger partial charge in [-0.1, -0.05) is 18.2 Å². The Morgan fingerprint density at radius 2 is 2.00 bits per heavy atom. The standard InChI is InChI=1S/C26H29FN4OS2/c1-16(2)31-13-11-19-22(15-31)34-26(24(19)25-29-20-8-3-4-9-21(20)33-25)30-23(32)10-12-28-18-7-5-6-17(27)14-18/h3-9,14,16,23,28,30,32H,10-13,15H2,1-2H3. The minimum Gasteiger partial charge on any atom is -0.385 e. The van der Waals surface area contributed by atoms with Gasteiger partial charge in [0.1, 0.15) is 22.1 Å². The molecular weight excluding hydrogens is 467 g/mol. The summed E-state index contributed by atoms with van der Waals surface area (Å²) in [5, 5.41) is 19.3. The number of para-hydroxylation sites is 1. The molecular formula is C26H29FN4OS2. The molecule has 0 fully saturated rings. The minimum absolute atomic E-state index is 0.274. The van der Waals surface area contributed by atoms with Gasteiger partial charge in [0.25, 0.3) is 0 Å². The van der Waals surface area contributed by atoms with E-state index in [9.17, 15) is 9.50 Å². The van der Waals surface area contributed by atoms with Gasteiger partial charge in [0.2, 0.25) is 0 Å². The summed E-state index contributed by atoms with van der Waals surface area (Å²) in [6.07, 6.45) is 0.737. The lowest BCUT2D eigenvalue weighted by Crippen LogP contribution is -2.35. The van der Waals surface area contributed by atoms with Crippen LogP contribution < -0.4 is 10.6 Å². The molecule has 0 bridgehead atoms. The second-order valence-electron chi connectivity index (χ2n) is 8.89. The average Bonchev–Trinajstić information content (AvgIpc) is 3.39. The van der Waals surface area contributed by atoms with Crippen molar-refractivity contribution >= 4 is 43.6 Å². The maximum Gasteiger partial charge on any atom is 0.127 e. The fourth-order valence-electron chi connectivity index (χ4n) is 4.35. The molecule has 8 heteroatoms. The van der Waals surface area contributed by atoms with Crippen molar-refractivity contribution in [2.24, 2.45) is 0 Å². The van der Waals surface area contributed by atoms with Crippen molar-refractivity contribution in [2.45, 2.75) is 45.5 Å². The summed E-state index contributed by atoms with van der Waals surface area (Å²) in [4.78, 5) is 8.78. The topological polar surface area (TPSA) is 60.4 Å². The fraction of sp³-hybridized carbons (Fsp3) is 0.346. The Morgan fingerprint density at radius 3 is 2.79 bits per heavy atom. The first-order valence-corrected chi connectivity index (χ1v) is 13.3.